The highest BCUT2D eigenvalue weighted by atomic mass is 16.5. The number of carbonyl (C=O) groups excluding carboxylic acids is 2. The van der Waals surface area contributed by atoms with Gasteiger partial charge in [-0.05, 0) is 25.2 Å². The molecule has 2 aliphatic carbocycles. The van der Waals surface area contributed by atoms with Crippen LogP contribution in [-0.2, 0) is 14.3 Å². The fourth-order valence-electron chi connectivity index (χ4n) is 3.06. The van der Waals surface area contributed by atoms with E-state index in [9.17, 15) is 9.59 Å². The van der Waals surface area contributed by atoms with E-state index in [4.69, 9.17) is 4.74 Å². The highest BCUT2D eigenvalue weighted by Crippen LogP contribution is 2.56. The third kappa shape index (κ3) is 1.66. The molecule has 0 aliphatic heterocycles. The molecule has 16 heavy (non-hydrogen) atoms. The number of hydrogen-bond donors (Lipinski definition) is 0. The zero-order valence-electron chi connectivity index (χ0n) is 10.1. The number of hydrogen-bond acceptors (Lipinski definition) is 3. The molecule has 0 bridgehead atoms. The summed E-state index contributed by atoms with van der Waals surface area (Å²) in [4.78, 5) is 24.1. The molecule has 90 valence electrons. The van der Waals surface area contributed by atoms with Gasteiger partial charge in [-0.15, -0.1) is 0 Å². The normalized spacial score (nSPS) is 34.5. The van der Waals surface area contributed by atoms with Crippen LogP contribution < -0.4 is 0 Å². The first kappa shape index (κ1) is 11.6. The Hall–Kier alpha value is -0.860. The van der Waals surface area contributed by atoms with Gasteiger partial charge in [0.05, 0.1) is 7.11 Å². The predicted molar refractivity (Wildman–Crippen MR) is 59.8 cm³/mol. The van der Waals surface area contributed by atoms with E-state index in [0.717, 1.165) is 25.7 Å². The lowest BCUT2D eigenvalue weighted by atomic mass is 9.79. The van der Waals surface area contributed by atoms with Crippen LogP contribution in [0.3, 0.4) is 0 Å². The van der Waals surface area contributed by atoms with Crippen LogP contribution in [0.2, 0.25) is 0 Å². The van der Waals surface area contributed by atoms with Crippen LogP contribution in [0.4, 0.5) is 0 Å². The summed E-state index contributed by atoms with van der Waals surface area (Å²) >= 11 is 0. The number of methoxy groups -OCH3 is 1. The summed E-state index contributed by atoms with van der Waals surface area (Å²) in [6.45, 7) is 1.97. The zero-order chi connectivity index (χ0) is 11.8. The van der Waals surface area contributed by atoms with E-state index >= 15 is 0 Å². The second-order valence-electron chi connectivity index (χ2n) is 5.27. The summed E-state index contributed by atoms with van der Waals surface area (Å²) in [5, 5.41) is 0. The molecule has 0 saturated heterocycles. The molecule has 2 unspecified atom stereocenters. The fraction of sp³-hybridized carbons (Fsp3) is 0.846. The molecule has 2 atom stereocenters. The number of ketones is 1. The van der Waals surface area contributed by atoms with Crippen LogP contribution in [0.5, 0.6) is 0 Å². The van der Waals surface area contributed by atoms with Crippen molar-refractivity contribution in [2.24, 2.45) is 17.3 Å². The van der Waals surface area contributed by atoms with Crippen molar-refractivity contribution < 1.29 is 14.3 Å². The summed E-state index contributed by atoms with van der Waals surface area (Å²) in [5.74, 6) is 0.134. The molecule has 0 N–H and O–H groups in total. The molecule has 3 nitrogen and oxygen atoms in total. The monoisotopic (exact) mass is 224 g/mol. The molecular formula is C13H20O3. The van der Waals surface area contributed by atoms with Gasteiger partial charge in [0, 0.05) is 5.92 Å². The van der Waals surface area contributed by atoms with E-state index in [1.165, 1.54) is 13.5 Å². The molecule has 2 rings (SSSR count). The second kappa shape index (κ2) is 4.19. The van der Waals surface area contributed by atoms with Gasteiger partial charge in [0.1, 0.15) is 5.41 Å². The van der Waals surface area contributed by atoms with E-state index in [1.807, 2.05) is 6.92 Å². The average molecular weight is 224 g/mol. The summed E-state index contributed by atoms with van der Waals surface area (Å²) in [5.41, 5.74) is -0.767. The highest BCUT2D eigenvalue weighted by Gasteiger charge is 2.64. The summed E-state index contributed by atoms with van der Waals surface area (Å²) in [7, 11) is 1.38. The quantitative estimate of drug-likeness (QED) is 0.546. The Morgan fingerprint density at radius 1 is 1.19 bits per heavy atom. The lowest BCUT2D eigenvalue weighted by molar-refractivity contribution is -0.153. The van der Waals surface area contributed by atoms with Gasteiger partial charge in [-0.1, -0.05) is 26.2 Å². The molecular weight excluding hydrogens is 204 g/mol. The van der Waals surface area contributed by atoms with Crippen molar-refractivity contribution in [3.8, 4) is 0 Å². The first-order chi connectivity index (χ1) is 7.63. The standard InChI is InChI=1S/C13H20O3/c1-9-8-13(9,12(15)16-2)11(14)10-6-4-3-5-7-10/h9-10H,3-8H2,1-2H3. The molecule has 0 aromatic heterocycles. The lowest BCUT2D eigenvalue weighted by Gasteiger charge is -2.24. The molecule has 2 saturated carbocycles. The molecule has 0 spiro atoms. The van der Waals surface area contributed by atoms with Gasteiger partial charge < -0.3 is 4.74 Å². The maximum atomic E-state index is 12.4. The summed E-state index contributed by atoms with van der Waals surface area (Å²) < 4.78 is 4.80. The predicted octanol–water partition coefficient (Wildman–Crippen LogP) is 2.33. The maximum absolute atomic E-state index is 12.4. The van der Waals surface area contributed by atoms with Crippen molar-refractivity contribution >= 4 is 11.8 Å². The number of carbonyl (C=O) groups is 2. The SMILES string of the molecule is COC(=O)C1(C(=O)C2CCCCC2)CC1C. The van der Waals surface area contributed by atoms with Crippen LogP contribution in [0.15, 0.2) is 0 Å². The minimum absolute atomic E-state index is 0.109. The maximum Gasteiger partial charge on any atom is 0.319 e. The molecule has 0 heterocycles. The van der Waals surface area contributed by atoms with E-state index in [2.05, 4.69) is 0 Å². The summed E-state index contributed by atoms with van der Waals surface area (Å²) in [6.07, 6.45) is 6.10. The molecule has 2 aliphatic rings. The van der Waals surface area contributed by atoms with Crippen LogP contribution in [0.25, 0.3) is 0 Å². The minimum atomic E-state index is -0.767. The molecule has 0 aromatic carbocycles. The lowest BCUT2D eigenvalue weighted by Crippen LogP contribution is -2.35. The van der Waals surface area contributed by atoms with Crippen molar-refractivity contribution in [1.29, 1.82) is 0 Å². The molecule has 0 aromatic rings. The van der Waals surface area contributed by atoms with E-state index in [0.29, 0.717) is 6.42 Å². The van der Waals surface area contributed by atoms with Gasteiger partial charge in [-0.2, -0.15) is 0 Å². The first-order valence-electron chi connectivity index (χ1n) is 6.25. The smallest absolute Gasteiger partial charge is 0.319 e. The first-order valence-corrected chi connectivity index (χ1v) is 6.25. The number of rotatable bonds is 3. The second-order valence-corrected chi connectivity index (χ2v) is 5.27. The van der Waals surface area contributed by atoms with Crippen molar-refractivity contribution in [3.63, 3.8) is 0 Å². The topological polar surface area (TPSA) is 43.4 Å². The summed E-state index contributed by atoms with van der Waals surface area (Å²) in [6, 6.07) is 0. The number of esters is 1. The fourth-order valence-corrected chi connectivity index (χ4v) is 3.06. The van der Waals surface area contributed by atoms with Gasteiger partial charge in [0.25, 0.3) is 0 Å². The molecule has 2 fully saturated rings. The molecule has 0 radical (unpaired) electrons. The van der Waals surface area contributed by atoms with Crippen molar-refractivity contribution in [1.82, 2.24) is 0 Å². The average Bonchev–Trinajstić information content (AvgIpc) is 3.01. The van der Waals surface area contributed by atoms with Crippen LogP contribution in [0, 0.1) is 17.3 Å². The third-order valence-electron chi connectivity index (χ3n) is 4.27. The van der Waals surface area contributed by atoms with Crippen molar-refractivity contribution in [2.45, 2.75) is 45.4 Å². The van der Waals surface area contributed by atoms with Crippen LogP contribution in [0.1, 0.15) is 45.4 Å². The Kier molecular flexibility index (Phi) is 3.04. The van der Waals surface area contributed by atoms with E-state index in [-0.39, 0.29) is 23.6 Å². The van der Waals surface area contributed by atoms with Crippen LogP contribution in [-0.4, -0.2) is 18.9 Å². The Balaban J connectivity index is 2.10. The minimum Gasteiger partial charge on any atom is -0.468 e. The Morgan fingerprint density at radius 3 is 2.19 bits per heavy atom. The van der Waals surface area contributed by atoms with E-state index < -0.39 is 5.41 Å². The van der Waals surface area contributed by atoms with E-state index in [1.54, 1.807) is 0 Å². The molecule has 3 heteroatoms. The highest BCUT2D eigenvalue weighted by molar-refractivity contribution is 6.08. The Bertz CT molecular complexity index is 304. The van der Waals surface area contributed by atoms with Gasteiger partial charge in [-0.25, -0.2) is 0 Å². The van der Waals surface area contributed by atoms with Crippen molar-refractivity contribution in [2.75, 3.05) is 7.11 Å². The molecule has 0 amide bonds. The number of ether oxygens (including phenoxy) is 1. The van der Waals surface area contributed by atoms with Gasteiger partial charge in [-0.3, -0.25) is 9.59 Å². The third-order valence-corrected chi connectivity index (χ3v) is 4.27. The van der Waals surface area contributed by atoms with Gasteiger partial charge in [0.2, 0.25) is 0 Å². The van der Waals surface area contributed by atoms with Gasteiger partial charge in [0.15, 0.2) is 5.78 Å². The Labute approximate surface area is 96.5 Å². The van der Waals surface area contributed by atoms with Crippen LogP contribution >= 0.6 is 0 Å². The Morgan fingerprint density at radius 2 is 1.75 bits per heavy atom. The number of Topliss-reactive ketones (excluding diaryl/α,β-unsaturated/α-hetero) is 1. The van der Waals surface area contributed by atoms with Crippen molar-refractivity contribution in [3.05, 3.63) is 0 Å². The zero-order valence-corrected chi connectivity index (χ0v) is 10.1. The van der Waals surface area contributed by atoms with Gasteiger partial charge >= 0.3 is 5.97 Å². The largest absolute Gasteiger partial charge is 0.468 e.